The molecule has 10 heteroatoms. The van der Waals surface area contributed by atoms with Crippen LogP contribution in [0.3, 0.4) is 0 Å². The van der Waals surface area contributed by atoms with E-state index in [0.29, 0.717) is 5.02 Å². The van der Waals surface area contributed by atoms with Crippen molar-refractivity contribution in [1.82, 2.24) is 0 Å². The summed E-state index contributed by atoms with van der Waals surface area (Å²) in [6.45, 7) is 1.60. The largest absolute Gasteiger partial charge is 0.516 e. The summed E-state index contributed by atoms with van der Waals surface area (Å²) in [6.07, 6.45) is 0. The maximum Gasteiger partial charge on any atom is 0.516 e. The molecule has 2 rings (SSSR count). The standard InChI is InChI=1S/C16H14ClF3N2O3S/c1-11(21-25-10-12-6-8-13(17)9-7-12)14-4-2-3-5-15(14)22-26(23,24)16(18,19)20/h2-9,22H,10H2,1H3. The van der Waals surface area contributed by atoms with Gasteiger partial charge in [0.15, 0.2) is 0 Å². The summed E-state index contributed by atoms with van der Waals surface area (Å²) >= 11 is 5.77. The van der Waals surface area contributed by atoms with E-state index in [-0.39, 0.29) is 23.6 Å². The lowest BCUT2D eigenvalue weighted by Gasteiger charge is -2.13. The molecule has 0 atom stereocenters. The molecule has 0 amide bonds. The molecular weight excluding hydrogens is 393 g/mol. The summed E-state index contributed by atoms with van der Waals surface area (Å²) in [5, 5.41) is 4.40. The van der Waals surface area contributed by atoms with E-state index in [1.165, 1.54) is 29.8 Å². The fraction of sp³-hybridized carbons (Fsp3) is 0.188. The Morgan fingerprint density at radius 1 is 1.15 bits per heavy atom. The van der Waals surface area contributed by atoms with Crippen LogP contribution < -0.4 is 4.72 Å². The average molecular weight is 407 g/mol. The molecule has 0 aliphatic heterocycles. The highest BCUT2D eigenvalue weighted by Crippen LogP contribution is 2.27. The molecule has 0 spiro atoms. The van der Waals surface area contributed by atoms with Crippen LogP contribution in [0.4, 0.5) is 18.9 Å². The van der Waals surface area contributed by atoms with Crippen LogP contribution in [0.15, 0.2) is 53.7 Å². The van der Waals surface area contributed by atoms with E-state index in [0.717, 1.165) is 5.56 Å². The maximum atomic E-state index is 12.6. The number of sulfonamides is 1. The first kappa shape index (κ1) is 20.1. The molecule has 2 aromatic carbocycles. The number of benzene rings is 2. The SMILES string of the molecule is CC(=NOCc1ccc(Cl)cc1)c1ccccc1NS(=O)(=O)C(F)(F)F. The summed E-state index contributed by atoms with van der Waals surface area (Å²) in [6, 6.07) is 12.4. The molecule has 140 valence electrons. The fourth-order valence-corrected chi connectivity index (χ4v) is 2.63. The Morgan fingerprint density at radius 2 is 1.77 bits per heavy atom. The monoisotopic (exact) mass is 406 g/mol. The minimum Gasteiger partial charge on any atom is -0.391 e. The Hall–Kier alpha value is -2.26. The quantitative estimate of drug-likeness (QED) is 0.565. The number of oxime groups is 1. The van der Waals surface area contributed by atoms with Gasteiger partial charge in [-0.25, -0.2) is 0 Å². The molecule has 26 heavy (non-hydrogen) atoms. The fourth-order valence-electron chi connectivity index (χ4n) is 1.92. The predicted molar refractivity (Wildman–Crippen MR) is 93.5 cm³/mol. The Kier molecular flexibility index (Phi) is 6.14. The van der Waals surface area contributed by atoms with Gasteiger partial charge in [0.05, 0.1) is 11.4 Å². The zero-order valence-electron chi connectivity index (χ0n) is 13.4. The first-order chi connectivity index (χ1) is 12.1. The molecule has 0 aliphatic carbocycles. The molecule has 0 bridgehead atoms. The minimum absolute atomic E-state index is 0.116. The highest BCUT2D eigenvalue weighted by atomic mass is 35.5. The molecule has 0 saturated carbocycles. The van der Waals surface area contributed by atoms with Gasteiger partial charge >= 0.3 is 15.5 Å². The summed E-state index contributed by atoms with van der Waals surface area (Å²) in [7, 11) is -5.53. The molecule has 0 unspecified atom stereocenters. The van der Waals surface area contributed by atoms with E-state index in [2.05, 4.69) is 5.16 Å². The zero-order chi connectivity index (χ0) is 19.4. The third kappa shape index (κ3) is 5.12. The van der Waals surface area contributed by atoms with Crippen molar-refractivity contribution in [3.63, 3.8) is 0 Å². The smallest absolute Gasteiger partial charge is 0.391 e. The number of nitrogens with one attached hydrogen (secondary N) is 1. The minimum atomic E-state index is -5.53. The van der Waals surface area contributed by atoms with Crippen molar-refractivity contribution in [2.45, 2.75) is 19.0 Å². The molecule has 0 aliphatic rings. The van der Waals surface area contributed by atoms with Crippen molar-refractivity contribution in [2.24, 2.45) is 5.16 Å². The number of rotatable bonds is 6. The lowest BCUT2D eigenvalue weighted by Crippen LogP contribution is -2.30. The number of para-hydroxylation sites is 1. The first-order valence-corrected chi connectivity index (χ1v) is 9.06. The van der Waals surface area contributed by atoms with E-state index in [9.17, 15) is 21.6 Å². The summed E-state index contributed by atoms with van der Waals surface area (Å²) < 4.78 is 61.8. The third-order valence-electron chi connectivity index (χ3n) is 3.21. The van der Waals surface area contributed by atoms with Crippen LogP contribution in [0.2, 0.25) is 5.02 Å². The Bertz CT molecular complexity index is 898. The topological polar surface area (TPSA) is 67.8 Å². The van der Waals surface area contributed by atoms with Crippen LogP contribution in [0.5, 0.6) is 0 Å². The number of hydrogen-bond donors (Lipinski definition) is 1. The number of halogens is 4. The van der Waals surface area contributed by atoms with Crippen molar-refractivity contribution in [2.75, 3.05) is 4.72 Å². The molecule has 0 heterocycles. The van der Waals surface area contributed by atoms with Crippen LogP contribution in [-0.4, -0.2) is 19.6 Å². The number of nitrogens with zero attached hydrogens (tertiary/aromatic N) is 1. The van der Waals surface area contributed by atoms with Gasteiger partial charge in [-0.15, -0.1) is 0 Å². The van der Waals surface area contributed by atoms with Crippen LogP contribution >= 0.6 is 11.6 Å². The van der Waals surface area contributed by atoms with E-state index >= 15 is 0 Å². The van der Waals surface area contributed by atoms with E-state index in [1.807, 2.05) is 0 Å². The van der Waals surface area contributed by atoms with Crippen LogP contribution in [0.1, 0.15) is 18.1 Å². The van der Waals surface area contributed by atoms with Gasteiger partial charge in [0.2, 0.25) is 0 Å². The second-order valence-corrected chi connectivity index (χ2v) is 7.28. The Balaban J connectivity index is 2.16. The van der Waals surface area contributed by atoms with Crippen molar-refractivity contribution in [3.05, 3.63) is 64.7 Å². The molecule has 1 N–H and O–H groups in total. The lowest BCUT2D eigenvalue weighted by atomic mass is 10.1. The predicted octanol–water partition coefficient (Wildman–Crippen LogP) is 4.54. The molecule has 0 saturated heterocycles. The van der Waals surface area contributed by atoms with Crippen molar-refractivity contribution in [1.29, 1.82) is 0 Å². The van der Waals surface area contributed by atoms with Gasteiger partial charge in [-0.2, -0.15) is 21.6 Å². The van der Waals surface area contributed by atoms with Gasteiger partial charge < -0.3 is 4.84 Å². The Labute approximate surface area is 153 Å². The maximum absolute atomic E-state index is 12.6. The van der Waals surface area contributed by atoms with Crippen LogP contribution in [0, 0.1) is 0 Å². The lowest BCUT2D eigenvalue weighted by molar-refractivity contribution is -0.0429. The van der Waals surface area contributed by atoms with Gasteiger partial charge in [-0.1, -0.05) is 47.1 Å². The summed E-state index contributed by atoms with van der Waals surface area (Å²) in [4.78, 5) is 5.17. The molecule has 2 aromatic rings. The van der Waals surface area contributed by atoms with Gasteiger partial charge in [0.25, 0.3) is 0 Å². The molecular formula is C16H14ClF3N2O3S. The van der Waals surface area contributed by atoms with E-state index < -0.39 is 15.5 Å². The normalized spacial score (nSPS) is 12.7. The summed E-state index contributed by atoms with van der Waals surface area (Å²) in [5.41, 5.74) is -4.51. The van der Waals surface area contributed by atoms with E-state index in [4.69, 9.17) is 16.4 Å². The number of hydrogen-bond acceptors (Lipinski definition) is 4. The van der Waals surface area contributed by atoms with E-state index in [1.54, 1.807) is 30.3 Å². The summed E-state index contributed by atoms with van der Waals surface area (Å²) in [5.74, 6) is 0. The molecule has 0 radical (unpaired) electrons. The van der Waals surface area contributed by atoms with Crippen molar-refractivity contribution < 1.29 is 26.4 Å². The first-order valence-electron chi connectivity index (χ1n) is 7.19. The Morgan fingerprint density at radius 3 is 2.38 bits per heavy atom. The zero-order valence-corrected chi connectivity index (χ0v) is 15.0. The van der Waals surface area contributed by atoms with Gasteiger partial charge in [-0.3, -0.25) is 4.72 Å². The highest BCUT2D eigenvalue weighted by Gasteiger charge is 2.46. The second-order valence-electron chi connectivity index (χ2n) is 5.17. The second kappa shape index (κ2) is 7.96. The average Bonchev–Trinajstić information content (AvgIpc) is 2.55. The number of alkyl halides is 3. The molecule has 5 nitrogen and oxygen atoms in total. The van der Waals surface area contributed by atoms with Crippen LogP contribution in [0.25, 0.3) is 0 Å². The highest BCUT2D eigenvalue weighted by molar-refractivity contribution is 7.93. The number of anilines is 1. The third-order valence-corrected chi connectivity index (χ3v) is 4.56. The molecule has 0 fully saturated rings. The van der Waals surface area contributed by atoms with Crippen molar-refractivity contribution >= 4 is 33.0 Å². The van der Waals surface area contributed by atoms with Gasteiger partial charge in [0.1, 0.15) is 6.61 Å². The van der Waals surface area contributed by atoms with Gasteiger partial charge in [0, 0.05) is 10.6 Å². The molecule has 0 aromatic heterocycles. The van der Waals surface area contributed by atoms with Gasteiger partial charge in [-0.05, 0) is 30.7 Å². The van der Waals surface area contributed by atoms with Crippen LogP contribution in [-0.2, 0) is 21.5 Å². The van der Waals surface area contributed by atoms with Crippen molar-refractivity contribution in [3.8, 4) is 0 Å².